The molecule has 0 radical (unpaired) electrons. The summed E-state index contributed by atoms with van der Waals surface area (Å²) in [5, 5.41) is 25.5. The molecule has 3 N–H and O–H groups in total. The third kappa shape index (κ3) is 5.75. The highest BCUT2D eigenvalue weighted by molar-refractivity contribution is 5.83. The number of nitrogens with zero attached hydrogens (tertiary/aromatic N) is 3. The smallest absolute Gasteiger partial charge is 0.119 e. The van der Waals surface area contributed by atoms with Crippen LogP contribution in [0.25, 0.3) is 10.9 Å². The van der Waals surface area contributed by atoms with E-state index in [9.17, 15) is 10.2 Å². The van der Waals surface area contributed by atoms with Crippen molar-refractivity contribution in [2.45, 2.75) is 12.2 Å². The Balaban J connectivity index is 1.26. The highest BCUT2D eigenvalue weighted by Crippen LogP contribution is 2.27. The minimum absolute atomic E-state index is 0.425. The first-order valence-electron chi connectivity index (χ1n) is 11.1. The molecular weight excluding hydrogens is 404 g/mol. The highest BCUT2D eigenvalue weighted by atomic mass is 16.5. The van der Waals surface area contributed by atoms with Crippen molar-refractivity contribution in [3.8, 4) is 5.75 Å². The number of methoxy groups -OCH3 is 1. The van der Waals surface area contributed by atoms with Crippen LogP contribution in [0.1, 0.15) is 11.7 Å². The van der Waals surface area contributed by atoms with Gasteiger partial charge in [0.25, 0.3) is 0 Å². The molecule has 32 heavy (non-hydrogen) atoms. The van der Waals surface area contributed by atoms with Gasteiger partial charge >= 0.3 is 0 Å². The zero-order valence-corrected chi connectivity index (χ0v) is 18.5. The summed E-state index contributed by atoms with van der Waals surface area (Å²) >= 11 is 0. The molecule has 7 heteroatoms. The fourth-order valence-electron chi connectivity index (χ4n) is 4.22. The largest absolute Gasteiger partial charge is 0.497 e. The molecule has 2 atom stereocenters. The van der Waals surface area contributed by atoms with E-state index in [1.54, 1.807) is 13.3 Å². The molecule has 1 aliphatic heterocycles. The molecule has 170 valence electrons. The minimum atomic E-state index is -0.597. The molecule has 0 bridgehead atoms. The summed E-state index contributed by atoms with van der Waals surface area (Å²) in [6, 6.07) is 17.6. The number of piperazine rings is 1. The van der Waals surface area contributed by atoms with Crippen molar-refractivity contribution >= 4 is 16.6 Å². The summed E-state index contributed by atoms with van der Waals surface area (Å²) in [6.45, 7) is 5.22. The minimum Gasteiger partial charge on any atom is -0.497 e. The number of β-amino-alcohol motifs (C(OH)–C–C–N with tert-alkyl or cyclic N) is 2. The molecule has 3 aromatic rings. The molecular formula is C25H32N4O3. The number of hydrogen-bond donors (Lipinski definition) is 3. The number of rotatable bonds is 9. The van der Waals surface area contributed by atoms with Crippen molar-refractivity contribution in [2.75, 3.05) is 58.2 Å². The second-order valence-electron chi connectivity index (χ2n) is 8.30. The molecule has 1 aromatic heterocycles. The second-order valence-corrected chi connectivity index (χ2v) is 8.30. The normalized spacial score (nSPS) is 17.2. The molecule has 1 fully saturated rings. The molecule has 2 heterocycles. The molecule has 7 nitrogen and oxygen atoms in total. The molecule has 2 unspecified atom stereocenters. The first-order chi connectivity index (χ1) is 15.6. The number of anilines is 1. The maximum atomic E-state index is 11.0. The average molecular weight is 437 g/mol. The van der Waals surface area contributed by atoms with Gasteiger partial charge in [0.15, 0.2) is 0 Å². The van der Waals surface area contributed by atoms with Crippen LogP contribution >= 0.6 is 0 Å². The summed E-state index contributed by atoms with van der Waals surface area (Å²) in [5.74, 6) is 0.757. The van der Waals surface area contributed by atoms with Crippen LogP contribution in [0.4, 0.5) is 5.69 Å². The molecule has 1 aliphatic rings. The summed E-state index contributed by atoms with van der Waals surface area (Å²) in [5.41, 5.74) is 2.75. The number of hydrogen-bond acceptors (Lipinski definition) is 7. The maximum Gasteiger partial charge on any atom is 0.119 e. The number of nitrogens with one attached hydrogen (secondary N) is 1. The van der Waals surface area contributed by atoms with E-state index < -0.39 is 12.2 Å². The number of aliphatic hydroxyl groups excluding tert-OH is 2. The number of fused-ring (bicyclic) bond motifs is 1. The fraction of sp³-hybridized carbons (Fsp3) is 0.400. The average Bonchev–Trinajstić information content (AvgIpc) is 2.84. The summed E-state index contributed by atoms with van der Waals surface area (Å²) < 4.78 is 5.34. The van der Waals surface area contributed by atoms with Crippen LogP contribution in [-0.2, 0) is 0 Å². The van der Waals surface area contributed by atoms with Crippen LogP contribution in [0.15, 0.2) is 60.8 Å². The molecule has 0 aliphatic carbocycles. The van der Waals surface area contributed by atoms with Crippen molar-refractivity contribution in [3.05, 3.63) is 66.4 Å². The molecule has 0 saturated carbocycles. The SMILES string of the molecule is COc1ccc2nccc(C(O)CN3CCN(CC(O)CNc4ccccc4)CC3)c2c1. The van der Waals surface area contributed by atoms with Gasteiger partial charge in [-0.2, -0.15) is 0 Å². The zero-order valence-electron chi connectivity index (χ0n) is 18.5. The van der Waals surface area contributed by atoms with Crippen molar-refractivity contribution < 1.29 is 14.9 Å². The summed E-state index contributed by atoms with van der Waals surface area (Å²) in [6.07, 6.45) is 0.723. The zero-order chi connectivity index (χ0) is 22.3. The van der Waals surface area contributed by atoms with Gasteiger partial charge in [-0.25, -0.2) is 0 Å². The van der Waals surface area contributed by atoms with E-state index in [-0.39, 0.29) is 0 Å². The number of para-hydroxylation sites is 1. The van der Waals surface area contributed by atoms with Crippen LogP contribution in [0, 0.1) is 0 Å². The van der Waals surface area contributed by atoms with Crippen molar-refractivity contribution in [2.24, 2.45) is 0 Å². The third-order valence-corrected chi connectivity index (χ3v) is 6.02. The number of aliphatic hydroxyl groups is 2. The Kier molecular flexibility index (Phi) is 7.55. The lowest BCUT2D eigenvalue weighted by Gasteiger charge is -2.36. The number of aromatic nitrogens is 1. The predicted molar refractivity (Wildman–Crippen MR) is 127 cm³/mol. The second kappa shape index (κ2) is 10.7. The number of benzene rings is 2. The predicted octanol–water partition coefficient (Wildman–Crippen LogP) is 2.37. The van der Waals surface area contributed by atoms with Crippen molar-refractivity contribution in [1.82, 2.24) is 14.8 Å². The Hall–Kier alpha value is -2.71. The van der Waals surface area contributed by atoms with Crippen LogP contribution in [-0.4, -0.2) is 84.0 Å². The maximum absolute atomic E-state index is 11.0. The quantitative estimate of drug-likeness (QED) is 0.475. The Morgan fingerprint density at radius 2 is 1.69 bits per heavy atom. The lowest BCUT2D eigenvalue weighted by Crippen LogP contribution is -2.50. The molecule has 1 saturated heterocycles. The lowest BCUT2D eigenvalue weighted by molar-refractivity contribution is 0.0518. The van der Waals surface area contributed by atoms with Crippen LogP contribution in [0.2, 0.25) is 0 Å². The van der Waals surface area contributed by atoms with Gasteiger partial charge in [-0.05, 0) is 42.0 Å². The van der Waals surface area contributed by atoms with Gasteiger partial charge in [-0.3, -0.25) is 14.8 Å². The Morgan fingerprint density at radius 3 is 2.41 bits per heavy atom. The fourth-order valence-corrected chi connectivity index (χ4v) is 4.22. The first-order valence-corrected chi connectivity index (χ1v) is 11.1. The van der Waals surface area contributed by atoms with Crippen LogP contribution in [0.3, 0.4) is 0 Å². The highest BCUT2D eigenvalue weighted by Gasteiger charge is 2.22. The molecule has 0 amide bonds. The number of pyridine rings is 1. The van der Waals surface area contributed by atoms with E-state index >= 15 is 0 Å². The van der Waals surface area contributed by atoms with Crippen molar-refractivity contribution in [1.29, 1.82) is 0 Å². The third-order valence-electron chi connectivity index (χ3n) is 6.02. The van der Waals surface area contributed by atoms with Gasteiger partial charge in [-0.1, -0.05) is 18.2 Å². The Morgan fingerprint density at radius 1 is 0.969 bits per heavy atom. The molecule has 0 spiro atoms. The Bertz CT molecular complexity index is 993. The molecule has 2 aromatic carbocycles. The van der Waals surface area contributed by atoms with E-state index in [0.717, 1.165) is 54.1 Å². The summed E-state index contributed by atoms with van der Waals surface area (Å²) in [4.78, 5) is 8.97. The van der Waals surface area contributed by atoms with Gasteiger partial charge in [0.05, 0.1) is 24.8 Å². The monoisotopic (exact) mass is 436 g/mol. The van der Waals surface area contributed by atoms with Gasteiger partial charge < -0.3 is 20.3 Å². The van der Waals surface area contributed by atoms with Gasteiger partial charge in [-0.15, -0.1) is 0 Å². The summed E-state index contributed by atoms with van der Waals surface area (Å²) in [7, 11) is 1.64. The van der Waals surface area contributed by atoms with Crippen molar-refractivity contribution in [3.63, 3.8) is 0 Å². The van der Waals surface area contributed by atoms with Gasteiger partial charge in [0.1, 0.15) is 5.75 Å². The number of ether oxygens (including phenoxy) is 1. The van der Waals surface area contributed by atoms with Crippen LogP contribution < -0.4 is 10.1 Å². The molecule has 4 rings (SSSR count). The lowest BCUT2D eigenvalue weighted by atomic mass is 10.0. The van der Waals surface area contributed by atoms with E-state index in [1.807, 2.05) is 54.6 Å². The van der Waals surface area contributed by atoms with Gasteiger partial charge in [0, 0.05) is 63.1 Å². The van der Waals surface area contributed by atoms with E-state index in [4.69, 9.17) is 4.74 Å². The topological polar surface area (TPSA) is 81.1 Å². The van der Waals surface area contributed by atoms with Gasteiger partial charge in [0.2, 0.25) is 0 Å². The Labute approximate surface area is 189 Å². The van der Waals surface area contributed by atoms with E-state index in [1.165, 1.54) is 0 Å². The first kappa shape index (κ1) is 22.5. The van der Waals surface area contributed by atoms with Crippen LogP contribution in [0.5, 0.6) is 5.75 Å². The van der Waals surface area contributed by atoms with E-state index in [2.05, 4.69) is 20.1 Å². The standard InChI is InChI=1S/C25H32N4O3/c1-32-21-7-8-24-23(15-21)22(9-10-26-24)25(31)18-29-13-11-28(12-14-29)17-20(30)16-27-19-5-3-2-4-6-19/h2-10,15,20,25,27,30-31H,11-14,16-18H2,1H3. The van der Waals surface area contributed by atoms with E-state index in [0.29, 0.717) is 19.6 Å².